The third-order valence-corrected chi connectivity index (χ3v) is 6.84. The second kappa shape index (κ2) is 11.9. The number of likely N-dealkylation sites (tertiary alicyclic amines) is 1. The van der Waals surface area contributed by atoms with E-state index in [1.54, 1.807) is 13.8 Å². The maximum Gasteiger partial charge on any atom is 0.255 e. The first kappa shape index (κ1) is 25.9. The second-order valence-corrected chi connectivity index (χ2v) is 9.43. The van der Waals surface area contributed by atoms with Crippen molar-refractivity contribution in [2.45, 2.75) is 57.9 Å². The molecule has 0 aromatic heterocycles. The largest absolute Gasteiger partial charge is 0.496 e. The molecule has 0 saturated carbocycles. The Labute approximate surface area is 180 Å². The molecule has 2 rings (SSSR count). The van der Waals surface area contributed by atoms with Gasteiger partial charge in [-0.25, -0.2) is 8.42 Å². The summed E-state index contributed by atoms with van der Waals surface area (Å²) in [5.74, 6) is 0.0963. The van der Waals surface area contributed by atoms with Crippen molar-refractivity contribution in [3.63, 3.8) is 0 Å². The molecule has 1 aromatic rings. The average Bonchev–Trinajstić information content (AvgIpc) is 3.14. The second-order valence-electron chi connectivity index (χ2n) is 7.18. The average molecular weight is 442 g/mol. The summed E-state index contributed by atoms with van der Waals surface area (Å²) in [4.78, 5) is 25.1. The molecule has 8 nitrogen and oxygen atoms in total. The van der Waals surface area contributed by atoms with Crippen LogP contribution in [0.15, 0.2) is 17.0 Å². The van der Waals surface area contributed by atoms with Gasteiger partial charge in [0.2, 0.25) is 0 Å². The lowest BCUT2D eigenvalue weighted by Crippen LogP contribution is -2.30. The fourth-order valence-corrected chi connectivity index (χ4v) is 4.50. The molecular weight excluding hydrogens is 406 g/mol. The van der Waals surface area contributed by atoms with Crippen LogP contribution in [-0.2, 0) is 14.6 Å². The van der Waals surface area contributed by atoms with E-state index in [0.717, 1.165) is 13.0 Å². The highest BCUT2D eigenvalue weighted by Gasteiger charge is 2.23. The predicted molar refractivity (Wildman–Crippen MR) is 119 cm³/mol. The maximum absolute atomic E-state index is 11.9. The van der Waals surface area contributed by atoms with Gasteiger partial charge in [-0.15, -0.1) is 0 Å². The summed E-state index contributed by atoms with van der Waals surface area (Å²) in [6, 6.07) is 3.17. The van der Waals surface area contributed by atoms with E-state index in [-0.39, 0.29) is 27.6 Å². The van der Waals surface area contributed by atoms with Crippen LogP contribution in [0.4, 0.5) is 5.69 Å². The smallest absolute Gasteiger partial charge is 0.255 e. The van der Waals surface area contributed by atoms with Gasteiger partial charge in [-0.05, 0) is 45.8 Å². The van der Waals surface area contributed by atoms with Crippen LogP contribution in [0, 0.1) is 0 Å². The number of nitrogen functional groups attached to an aromatic ring is 1. The summed E-state index contributed by atoms with van der Waals surface area (Å²) in [5.41, 5.74) is 5.94. The first-order chi connectivity index (χ1) is 14.1. The number of carbonyl (C=O) groups is 2. The lowest BCUT2D eigenvalue weighted by Gasteiger charge is -2.21. The fourth-order valence-electron chi connectivity index (χ4n) is 3.48. The number of nitrogens with one attached hydrogen (secondary N) is 1. The summed E-state index contributed by atoms with van der Waals surface area (Å²) in [6.07, 6.45) is 3.24. The number of sulfone groups is 1. The van der Waals surface area contributed by atoms with Gasteiger partial charge in [0.1, 0.15) is 11.5 Å². The normalized spacial score (nSPS) is 16.5. The Morgan fingerprint density at radius 1 is 1.27 bits per heavy atom. The van der Waals surface area contributed by atoms with E-state index in [1.165, 1.54) is 45.6 Å². The number of hydrogen-bond acceptors (Lipinski definition) is 7. The highest BCUT2D eigenvalue weighted by atomic mass is 32.2. The molecule has 1 amide bonds. The predicted octanol–water partition coefficient (Wildman–Crippen LogP) is 2.27. The van der Waals surface area contributed by atoms with Crippen molar-refractivity contribution in [3.05, 3.63) is 17.7 Å². The Morgan fingerprint density at radius 3 is 2.43 bits per heavy atom. The summed E-state index contributed by atoms with van der Waals surface area (Å²) in [7, 11) is -2.09. The van der Waals surface area contributed by atoms with Gasteiger partial charge in [0.25, 0.3) is 5.91 Å². The van der Waals surface area contributed by atoms with E-state index in [9.17, 15) is 18.0 Å². The minimum absolute atomic E-state index is 0.0444. The van der Waals surface area contributed by atoms with Crippen molar-refractivity contribution in [1.82, 2.24) is 10.2 Å². The van der Waals surface area contributed by atoms with Crippen molar-refractivity contribution in [2.75, 3.05) is 38.2 Å². The van der Waals surface area contributed by atoms with E-state index >= 15 is 0 Å². The highest BCUT2D eigenvalue weighted by Crippen LogP contribution is 2.29. The Morgan fingerprint density at radius 2 is 1.93 bits per heavy atom. The van der Waals surface area contributed by atoms with Crippen LogP contribution in [0.25, 0.3) is 0 Å². The van der Waals surface area contributed by atoms with Gasteiger partial charge in [0.15, 0.2) is 9.84 Å². The standard InChI is InChI=1S/C12H18N2O4S.C9H17NO/c1-4-14-12(15)8-6-11(19(16,17)5-2)9(13)7-10(8)18-3;1-3-10-6-4-5-9(10)7-8(2)11/h6-7H,4-5,13H2,1-3H3,(H,14,15);9H,3-7H2,1-2H3. The van der Waals surface area contributed by atoms with E-state index in [0.29, 0.717) is 18.4 Å². The molecule has 1 saturated heterocycles. The van der Waals surface area contributed by atoms with E-state index in [2.05, 4.69) is 17.1 Å². The minimum Gasteiger partial charge on any atom is -0.496 e. The van der Waals surface area contributed by atoms with Gasteiger partial charge in [0, 0.05) is 25.1 Å². The molecule has 1 aromatic carbocycles. The van der Waals surface area contributed by atoms with Crippen LogP contribution < -0.4 is 15.8 Å². The molecule has 1 aliphatic rings. The lowest BCUT2D eigenvalue weighted by atomic mass is 10.1. The number of methoxy groups -OCH3 is 1. The minimum atomic E-state index is -3.49. The van der Waals surface area contributed by atoms with Crippen LogP contribution in [0.2, 0.25) is 0 Å². The Bertz CT molecular complexity index is 839. The number of nitrogens with two attached hydrogens (primary N) is 1. The maximum atomic E-state index is 11.9. The molecule has 30 heavy (non-hydrogen) atoms. The monoisotopic (exact) mass is 441 g/mol. The number of amides is 1. The van der Waals surface area contributed by atoms with Gasteiger partial charge < -0.3 is 20.7 Å². The number of ketones is 1. The zero-order chi connectivity index (χ0) is 22.9. The molecule has 0 aliphatic carbocycles. The molecule has 0 spiro atoms. The molecular formula is C21H35N3O5S. The van der Waals surface area contributed by atoms with Gasteiger partial charge >= 0.3 is 0 Å². The van der Waals surface area contributed by atoms with Crippen LogP contribution in [0.1, 0.15) is 57.3 Å². The Balaban J connectivity index is 0.000000346. The third-order valence-electron chi connectivity index (χ3n) is 5.06. The lowest BCUT2D eigenvalue weighted by molar-refractivity contribution is -0.118. The molecule has 0 bridgehead atoms. The first-order valence-corrected chi connectivity index (χ1v) is 12.0. The number of rotatable bonds is 8. The molecule has 1 fully saturated rings. The summed E-state index contributed by atoms with van der Waals surface area (Å²) < 4.78 is 28.9. The molecule has 1 heterocycles. The topological polar surface area (TPSA) is 119 Å². The number of anilines is 1. The zero-order valence-electron chi connectivity index (χ0n) is 18.7. The van der Waals surface area contributed by atoms with E-state index in [4.69, 9.17) is 10.5 Å². The molecule has 170 valence electrons. The molecule has 3 N–H and O–H groups in total. The SMILES string of the molecule is CCN1CCCC1CC(C)=O.CCNC(=O)c1cc(S(=O)(=O)CC)c(N)cc1OC. The zero-order valence-corrected chi connectivity index (χ0v) is 19.5. The van der Waals surface area contributed by atoms with Crippen molar-refractivity contribution in [1.29, 1.82) is 0 Å². The molecule has 1 atom stereocenters. The third kappa shape index (κ3) is 6.98. The van der Waals surface area contributed by atoms with Crippen LogP contribution in [-0.4, -0.2) is 63.5 Å². The van der Waals surface area contributed by atoms with Gasteiger partial charge in [-0.3, -0.25) is 9.59 Å². The van der Waals surface area contributed by atoms with E-state index < -0.39 is 15.7 Å². The molecule has 1 unspecified atom stereocenters. The van der Waals surface area contributed by atoms with Gasteiger partial charge in [-0.2, -0.15) is 0 Å². The Hall–Kier alpha value is -2.13. The van der Waals surface area contributed by atoms with Crippen LogP contribution in [0.3, 0.4) is 0 Å². The molecule has 9 heteroatoms. The number of nitrogens with zero attached hydrogens (tertiary/aromatic N) is 1. The Kier molecular flexibility index (Phi) is 10.3. The van der Waals surface area contributed by atoms with Crippen molar-refractivity contribution in [2.24, 2.45) is 0 Å². The van der Waals surface area contributed by atoms with Crippen molar-refractivity contribution < 1.29 is 22.7 Å². The van der Waals surface area contributed by atoms with E-state index in [1.807, 2.05) is 0 Å². The number of hydrogen-bond donors (Lipinski definition) is 2. The number of Topliss-reactive ketones (excluding diaryl/α,β-unsaturated/α-hetero) is 1. The fraction of sp³-hybridized carbons (Fsp3) is 0.619. The quantitative estimate of drug-likeness (QED) is 0.594. The summed E-state index contributed by atoms with van der Waals surface area (Å²) >= 11 is 0. The number of benzene rings is 1. The summed E-state index contributed by atoms with van der Waals surface area (Å²) in [5, 5.41) is 2.60. The van der Waals surface area contributed by atoms with Crippen LogP contribution >= 0.6 is 0 Å². The molecule has 0 radical (unpaired) electrons. The van der Waals surface area contributed by atoms with Crippen LogP contribution in [0.5, 0.6) is 5.75 Å². The van der Waals surface area contributed by atoms with Gasteiger partial charge in [-0.1, -0.05) is 13.8 Å². The highest BCUT2D eigenvalue weighted by molar-refractivity contribution is 7.91. The van der Waals surface area contributed by atoms with Gasteiger partial charge in [0.05, 0.1) is 29.0 Å². The van der Waals surface area contributed by atoms with Crippen molar-refractivity contribution in [3.8, 4) is 5.75 Å². The van der Waals surface area contributed by atoms with Crippen molar-refractivity contribution >= 4 is 27.2 Å². The number of carbonyl (C=O) groups excluding carboxylic acids is 2. The number of ether oxygens (including phenoxy) is 1. The summed E-state index contributed by atoms with van der Waals surface area (Å²) in [6.45, 7) is 9.86. The first-order valence-electron chi connectivity index (χ1n) is 10.3. The molecule has 1 aliphatic heterocycles.